The van der Waals surface area contributed by atoms with Gasteiger partial charge in [0.25, 0.3) is 5.56 Å². The van der Waals surface area contributed by atoms with Crippen LogP contribution in [0.2, 0.25) is 0 Å². The number of rotatable bonds is 2. The molecular formula is C12H7F3N3NaO3. The van der Waals surface area contributed by atoms with Gasteiger partial charge in [0.2, 0.25) is 0 Å². The van der Waals surface area contributed by atoms with Crippen LogP contribution in [-0.2, 0) is 6.18 Å². The predicted molar refractivity (Wildman–Crippen MR) is 63.6 cm³/mol. The zero-order valence-corrected chi connectivity index (χ0v) is 13.2. The van der Waals surface area contributed by atoms with Crippen molar-refractivity contribution < 1.29 is 52.6 Å². The first-order valence-corrected chi connectivity index (χ1v) is 5.49. The zero-order chi connectivity index (χ0) is 15.8. The normalized spacial score (nSPS) is 10.9. The Bertz CT molecular complexity index is 774. The molecule has 0 fully saturated rings. The first kappa shape index (κ1) is 18.2. The topological polar surface area (TPSA) is 101 Å². The summed E-state index contributed by atoms with van der Waals surface area (Å²) >= 11 is 0. The van der Waals surface area contributed by atoms with Gasteiger partial charge in [-0.3, -0.25) is 4.79 Å². The summed E-state index contributed by atoms with van der Waals surface area (Å²) in [6.45, 7) is 0. The van der Waals surface area contributed by atoms with E-state index in [-0.39, 0.29) is 35.2 Å². The SMILES string of the molecule is Nc1cc(=O)n(-c2cccc(C(F)(F)F)c2)nc1C(=O)[O-].[Na+]. The molecular weight excluding hydrogens is 314 g/mol. The van der Waals surface area contributed by atoms with Crippen molar-refractivity contribution in [3.8, 4) is 5.69 Å². The molecule has 2 aromatic rings. The molecule has 0 bridgehead atoms. The molecule has 0 aliphatic carbocycles. The van der Waals surface area contributed by atoms with E-state index < -0.39 is 34.6 Å². The van der Waals surface area contributed by atoms with Gasteiger partial charge in [-0.15, -0.1) is 0 Å². The summed E-state index contributed by atoms with van der Waals surface area (Å²) < 4.78 is 38.4. The molecule has 2 N–H and O–H groups in total. The van der Waals surface area contributed by atoms with E-state index >= 15 is 0 Å². The summed E-state index contributed by atoms with van der Waals surface area (Å²) in [5, 5.41) is 14.2. The maximum Gasteiger partial charge on any atom is 1.00 e. The molecule has 0 spiro atoms. The van der Waals surface area contributed by atoms with Crippen LogP contribution >= 0.6 is 0 Å². The third kappa shape index (κ3) is 3.67. The Kier molecular flexibility index (Phi) is 5.39. The molecule has 22 heavy (non-hydrogen) atoms. The molecule has 0 unspecified atom stereocenters. The van der Waals surface area contributed by atoms with Crippen molar-refractivity contribution in [2.24, 2.45) is 0 Å². The van der Waals surface area contributed by atoms with E-state index in [4.69, 9.17) is 5.73 Å². The first-order chi connectivity index (χ1) is 9.70. The number of carboxylic acid groups (broad SMARTS) is 1. The maximum atomic E-state index is 12.6. The number of alkyl halides is 3. The van der Waals surface area contributed by atoms with Gasteiger partial charge in [0.05, 0.1) is 22.9 Å². The standard InChI is InChI=1S/C12H8F3N3O3.Na/c13-12(14,15)6-2-1-3-7(4-6)18-9(19)5-8(16)10(17-18)11(20)21;/h1-5H,16H2,(H,20,21);/q;+1/p-1. The number of aromatic nitrogens is 2. The van der Waals surface area contributed by atoms with Gasteiger partial charge in [0.1, 0.15) is 5.69 Å². The molecule has 0 aliphatic heterocycles. The minimum absolute atomic E-state index is 0. The van der Waals surface area contributed by atoms with Crippen molar-refractivity contribution >= 4 is 11.7 Å². The van der Waals surface area contributed by atoms with Crippen molar-refractivity contribution in [3.63, 3.8) is 0 Å². The average Bonchev–Trinajstić information content (AvgIpc) is 2.37. The second kappa shape index (κ2) is 6.51. The first-order valence-electron chi connectivity index (χ1n) is 5.49. The zero-order valence-electron chi connectivity index (χ0n) is 11.2. The van der Waals surface area contributed by atoms with E-state index in [1.165, 1.54) is 6.07 Å². The van der Waals surface area contributed by atoms with E-state index in [0.717, 1.165) is 18.2 Å². The molecule has 10 heteroatoms. The summed E-state index contributed by atoms with van der Waals surface area (Å²) in [5.41, 5.74) is 2.03. The Morgan fingerprint density at radius 1 is 1.27 bits per heavy atom. The number of aromatic carboxylic acids is 1. The number of hydrogen-bond donors (Lipinski definition) is 1. The number of nitrogens with two attached hydrogens (primary N) is 1. The van der Waals surface area contributed by atoms with Gasteiger partial charge < -0.3 is 15.6 Å². The van der Waals surface area contributed by atoms with Crippen LogP contribution in [0.5, 0.6) is 0 Å². The van der Waals surface area contributed by atoms with Gasteiger partial charge >= 0.3 is 35.7 Å². The van der Waals surface area contributed by atoms with E-state index in [9.17, 15) is 27.9 Å². The monoisotopic (exact) mass is 321 g/mol. The van der Waals surface area contributed by atoms with Gasteiger partial charge in [-0.25, -0.2) is 0 Å². The molecule has 1 aromatic heterocycles. The van der Waals surface area contributed by atoms with Crippen molar-refractivity contribution in [1.82, 2.24) is 9.78 Å². The summed E-state index contributed by atoms with van der Waals surface area (Å²) in [5.74, 6) is -1.74. The van der Waals surface area contributed by atoms with Crippen molar-refractivity contribution in [1.29, 1.82) is 0 Å². The number of nitrogen functional groups attached to an aromatic ring is 1. The molecule has 6 nitrogen and oxygen atoms in total. The number of hydrogen-bond acceptors (Lipinski definition) is 5. The Morgan fingerprint density at radius 3 is 2.45 bits per heavy atom. The molecule has 0 saturated carbocycles. The van der Waals surface area contributed by atoms with Gasteiger partial charge in [-0.1, -0.05) is 6.07 Å². The Hall–Kier alpha value is -1.84. The minimum Gasteiger partial charge on any atom is -0.543 e. The summed E-state index contributed by atoms with van der Waals surface area (Å²) in [6.07, 6.45) is -4.61. The van der Waals surface area contributed by atoms with E-state index in [2.05, 4.69) is 5.10 Å². The molecule has 0 amide bonds. The Morgan fingerprint density at radius 2 is 1.91 bits per heavy atom. The number of carbonyl (C=O) groups is 1. The van der Waals surface area contributed by atoms with Crippen LogP contribution in [0.3, 0.4) is 0 Å². The second-order valence-electron chi connectivity index (χ2n) is 4.03. The fraction of sp³-hybridized carbons (Fsp3) is 0.0833. The van der Waals surface area contributed by atoms with Crippen LogP contribution in [0.4, 0.5) is 18.9 Å². The number of carbonyl (C=O) groups excluding carboxylic acids is 1. The van der Waals surface area contributed by atoms with Crippen LogP contribution in [0.1, 0.15) is 16.1 Å². The number of benzene rings is 1. The molecule has 110 valence electrons. The number of halogens is 3. The van der Waals surface area contributed by atoms with Crippen LogP contribution in [0, 0.1) is 0 Å². The van der Waals surface area contributed by atoms with Gasteiger partial charge in [-0.05, 0) is 18.2 Å². The smallest absolute Gasteiger partial charge is 0.543 e. The van der Waals surface area contributed by atoms with Crippen molar-refractivity contribution in [2.45, 2.75) is 6.18 Å². The van der Waals surface area contributed by atoms with Crippen molar-refractivity contribution in [3.05, 3.63) is 51.9 Å². The maximum absolute atomic E-state index is 12.6. The van der Waals surface area contributed by atoms with E-state index in [1.807, 2.05) is 0 Å². The third-order valence-corrected chi connectivity index (χ3v) is 2.57. The molecule has 2 rings (SSSR count). The van der Waals surface area contributed by atoms with E-state index in [1.54, 1.807) is 0 Å². The molecule has 1 aromatic carbocycles. The fourth-order valence-electron chi connectivity index (χ4n) is 1.63. The number of nitrogens with zero attached hydrogens (tertiary/aromatic N) is 2. The minimum atomic E-state index is -4.61. The van der Waals surface area contributed by atoms with Crippen molar-refractivity contribution in [2.75, 3.05) is 5.73 Å². The predicted octanol–water partition coefficient (Wildman–Crippen LogP) is -2.80. The molecule has 0 radical (unpaired) electrons. The van der Waals surface area contributed by atoms with Crippen LogP contribution in [0.25, 0.3) is 5.69 Å². The third-order valence-electron chi connectivity index (χ3n) is 2.57. The molecule has 1 heterocycles. The summed E-state index contributed by atoms with van der Waals surface area (Å²) in [4.78, 5) is 22.5. The van der Waals surface area contributed by atoms with E-state index in [0.29, 0.717) is 10.7 Å². The molecule has 0 atom stereocenters. The van der Waals surface area contributed by atoms with Gasteiger partial charge in [-0.2, -0.15) is 23.0 Å². The Balaban J connectivity index is 0.00000242. The number of anilines is 1. The molecule has 0 saturated heterocycles. The van der Waals surface area contributed by atoms with Crippen LogP contribution in [-0.4, -0.2) is 15.7 Å². The largest absolute Gasteiger partial charge is 1.00 e. The summed E-state index contributed by atoms with van der Waals surface area (Å²) in [7, 11) is 0. The Labute approximate surface area is 143 Å². The average molecular weight is 321 g/mol. The fourth-order valence-corrected chi connectivity index (χ4v) is 1.63. The number of carboxylic acids is 1. The molecule has 0 aliphatic rings. The van der Waals surface area contributed by atoms with Gasteiger partial charge in [0.15, 0.2) is 0 Å². The van der Waals surface area contributed by atoms with Gasteiger partial charge in [0, 0.05) is 6.07 Å². The second-order valence-corrected chi connectivity index (χ2v) is 4.03. The summed E-state index contributed by atoms with van der Waals surface area (Å²) in [6, 6.07) is 4.48. The van der Waals surface area contributed by atoms with Crippen LogP contribution < -0.4 is 46.0 Å². The quantitative estimate of drug-likeness (QED) is 0.602. The van der Waals surface area contributed by atoms with Crippen LogP contribution in [0.15, 0.2) is 35.1 Å².